The first-order valence-corrected chi connectivity index (χ1v) is 8.41. The number of unbranched alkanes of at least 4 members (excludes halogenated alkanes) is 1. The lowest BCUT2D eigenvalue weighted by Gasteiger charge is -2.18. The predicted octanol–water partition coefficient (Wildman–Crippen LogP) is 5.00. The van der Waals surface area contributed by atoms with Crippen LogP contribution in [0.2, 0.25) is 0 Å². The summed E-state index contributed by atoms with van der Waals surface area (Å²) in [5.74, 6) is 0. The molecule has 2 aromatic rings. The smallest absolute Gasteiger partial charge is 0.0345 e. The second-order valence-corrected chi connectivity index (χ2v) is 6.17. The lowest BCUT2D eigenvalue weighted by Crippen LogP contribution is -2.31. The molecule has 1 nitrogen and oxygen atoms in total. The molecule has 0 aliphatic carbocycles. The second kappa shape index (κ2) is 7.66. The molecule has 2 rings (SSSR count). The molecular formula is C17H25NS. The Morgan fingerprint density at radius 3 is 2.79 bits per heavy atom. The Labute approximate surface area is 121 Å². The molecule has 0 radical (unpaired) electrons. The first-order valence-electron chi connectivity index (χ1n) is 7.53. The van der Waals surface area contributed by atoms with Gasteiger partial charge in [0.05, 0.1) is 0 Å². The van der Waals surface area contributed by atoms with Gasteiger partial charge in [-0.15, -0.1) is 11.3 Å². The highest BCUT2D eigenvalue weighted by Crippen LogP contribution is 2.27. The third-order valence-electron chi connectivity index (χ3n) is 3.62. The Morgan fingerprint density at radius 1 is 1.16 bits per heavy atom. The van der Waals surface area contributed by atoms with E-state index in [4.69, 9.17) is 0 Å². The van der Waals surface area contributed by atoms with Crippen molar-refractivity contribution in [1.82, 2.24) is 5.32 Å². The highest BCUT2D eigenvalue weighted by Gasteiger charge is 2.11. The van der Waals surface area contributed by atoms with Crippen LogP contribution in [0.4, 0.5) is 0 Å². The van der Waals surface area contributed by atoms with Crippen LogP contribution in [0, 0.1) is 0 Å². The Morgan fingerprint density at radius 2 is 2.00 bits per heavy atom. The molecule has 0 fully saturated rings. The van der Waals surface area contributed by atoms with Gasteiger partial charge in [-0.05, 0) is 48.2 Å². The molecule has 0 saturated carbocycles. The lowest BCUT2D eigenvalue weighted by molar-refractivity contribution is 0.463. The van der Waals surface area contributed by atoms with E-state index in [9.17, 15) is 0 Å². The van der Waals surface area contributed by atoms with E-state index < -0.39 is 0 Å². The number of hydrogen-bond donors (Lipinski definition) is 1. The largest absolute Gasteiger partial charge is 0.314 e. The summed E-state index contributed by atoms with van der Waals surface area (Å²) in [6.07, 6.45) is 6.29. The number of nitrogens with one attached hydrogen (secondary N) is 1. The van der Waals surface area contributed by atoms with E-state index in [0.29, 0.717) is 6.04 Å². The molecule has 19 heavy (non-hydrogen) atoms. The van der Waals surface area contributed by atoms with Gasteiger partial charge < -0.3 is 5.32 Å². The van der Waals surface area contributed by atoms with E-state index in [2.05, 4.69) is 48.8 Å². The van der Waals surface area contributed by atoms with Crippen LogP contribution in [-0.4, -0.2) is 12.6 Å². The quantitative estimate of drug-likeness (QED) is 0.714. The highest BCUT2D eigenvalue weighted by atomic mass is 32.1. The summed E-state index contributed by atoms with van der Waals surface area (Å²) < 4.78 is 1.42. The van der Waals surface area contributed by atoms with Crippen molar-refractivity contribution in [2.75, 3.05) is 6.54 Å². The molecular weight excluding hydrogens is 250 g/mol. The molecule has 0 amide bonds. The van der Waals surface area contributed by atoms with Crippen LogP contribution in [0.25, 0.3) is 10.1 Å². The SMILES string of the molecule is CCCCC(Cc1csc2ccccc12)NCCC. The summed E-state index contributed by atoms with van der Waals surface area (Å²) in [5, 5.41) is 7.51. The molecule has 104 valence electrons. The fourth-order valence-electron chi connectivity index (χ4n) is 2.53. The third-order valence-corrected chi connectivity index (χ3v) is 4.63. The van der Waals surface area contributed by atoms with Crippen molar-refractivity contribution < 1.29 is 0 Å². The van der Waals surface area contributed by atoms with Gasteiger partial charge in [-0.3, -0.25) is 0 Å². The molecule has 1 N–H and O–H groups in total. The fourth-order valence-corrected chi connectivity index (χ4v) is 3.51. The minimum atomic E-state index is 0.637. The van der Waals surface area contributed by atoms with E-state index in [0.717, 1.165) is 6.54 Å². The molecule has 1 aromatic heterocycles. The minimum Gasteiger partial charge on any atom is -0.314 e. The van der Waals surface area contributed by atoms with Crippen LogP contribution < -0.4 is 5.32 Å². The molecule has 0 spiro atoms. The van der Waals surface area contributed by atoms with E-state index in [1.54, 1.807) is 0 Å². The standard InChI is InChI=1S/C17H25NS/c1-3-5-8-15(18-11-4-2)12-14-13-19-17-10-7-6-9-16(14)17/h6-7,9-10,13,15,18H,3-5,8,11-12H2,1-2H3. The van der Waals surface area contributed by atoms with Gasteiger partial charge in [0.1, 0.15) is 0 Å². The Kier molecular flexibility index (Phi) is 5.87. The number of thiophene rings is 1. The van der Waals surface area contributed by atoms with Gasteiger partial charge in [-0.2, -0.15) is 0 Å². The molecule has 0 saturated heterocycles. The summed E-state index contributed by atoms with van der Waals surface area (Å²) in [7, 11) is 0. The predicted molar refractivity (Wildman–Crippen MR) is 87.1 cm³/mol. The molecule has 0 aliphatic rings. The van der Waals surface area contributed by atoms with Gasteiger partial charge in [0.2, 0.25) is 0 Å². The molecule has 1 heterocycles. The van der Waals surface area contributed by atoms with Crippen molar-refractivity contribution in [2.45, 2.75) is 52.0 Å². The van der Waals surface area contributed by atoms with E-state index in [-0.39, 0.29) is 0 Å². The monoisotopic (exact) mass is 275 g/mol. The summed E-state index contributed by atoms with van der Waals surface area (Å²) in [5.41, 5.74) is 1.52. The summed E-state index contributed by atoms with van der Waals surface area (Å²) in [6.45, 7) is 5.65. The van der Waals surface area contributed by atoms with E-state index >= 15 is 0 Å². The van der Waals surface area contributed by atoms with Gasteiger partial charge in [-0.1, -0.05) is 44.9 Å². The van der Waals surface area contributed by atoms with Gasteiger partial charge in [-0.25, -0.2) is 0 Å². The first-order chi connectivity index (χ1) is 9.35. The normalized spacial score (nSPS) is 12.9. The lowest BCUT2D eigenvalue weighted by atomic mass is 10.0. The van der Waals surface area contributed by atoms with Gasteiger partial charge in [0.15, 0.2) is 0 Å². The zero-order valence-corrected chi connectivity index (χ0v) is 12.9. The fraction of sp³-hybridized carbons (Fsp3) is 0.529. The number of hydrogen-bond acceptors (Lipinski definition) is 2. The van der Waals surface area contributed by atoms with Crippen LogP contribution in [0.3, 0.4) is 0 Å². The number of fused-ring (bicyclic) bond motifs is 1. The maximum absolute atomic E-state index is 3.71. The molecule has 0 aliphatic heterocycles. The second-order valence-electron chi connectivity index (χ2n) is 5.25. The van der Waals surface area contributed by atoms with Crippen LogP contribution in [0.15, 0.2) is 29.6 Å². The summed E-state index contributed by atoms with van der Waals surface area (Å²) in [6, 6.07) is 9.41. The molecule has 2 heteroatoms. The van der Waals surface area contributed by atoms with Crippen molar-refractivity contribution in [3.63, 3.8) is 0 Å². The van der Waals surface area contributed by atoms with Gasteiger partial charge in [0, 0.05) is 10.7 Å². The molecule has 1 aromatic carbocycles. The molecule has 0 bridgehead atoms. The van der Waals surface area contributed by atoms with Crippen molar-refractivity contribution >= 4 is 21.4 Å². The first kappa shape index (κ1) is 14.5. The third kappa shape index (κ3) is 4.05. The van der Waals surface area contributed by atoms with Crippen LogP contribution in [0.5, 0.6) is 0 Å². The van der Waals surface area contributed by atoms with Crippen molar-refractivity contribution in [1.29, 1.82) is 0 Å². The summed E-state index contributed by atoms with van der Waals surface area (Å²) in [4.78, 5) is 0. The van der Waals surface area contributed by atoms with Crippen LogP contribution in [-0.2, 0) is 6.42 Å². The Hall–Kier alpha value is -0.860. The molecule has 1 unspecified atom stereocenters. The average Bonchev–Trinajstić information content (AvgIpc) is 2.85. The van der Waals surface area contributed by atoms with Crippen LogP contribution in [0.1, 0.15) is 45.1 Å². The maximum Gasteiger partial charge on any atom is 0.0345 e. The zero-order valence-electron chi connectivity index (χ0n) is 12.1. The van der Waals surface area contributed by atoms with Gasteiger partial charge >= 0.3 is 0 Å². The van der Waals surface area contributed by atoms with E-state index in [1.165, 1.54) is 47.8 Å². The highest BCUT2D eigenvalue weighted by molar-refractivity contribution is 7.17. The average molecular weight is 275 g/mol. The number of rotatable bonds is 8. The number of benzene rings is 1. The topological polar surface area (TPSA) is 12.0 Å². The van der Waals surface area contributed by atoms with Gasteiger partial charge in [0.25, 0.3) is 0 Å². The molecule has 1 atom stereocenters. The Balaban J connectivity index is 2.06. The maximum atomic E-state index is 3.71. The summed E-state index contributed by atoms with van der Waals surface area (Å²) >= 11 is 1.88. The minimum absolute atomic E-state index is 0.637. The van der Waals surface area contributed by atoms with Crippen molar-refractivity contribution in [3.05, 3.63) is 35.2 Å². The zero-order chi connectivity index (χ0) is 13.5. The van der Waals surface area contributed by atoms with Crippen molar-refractivity contribution in [3.8, 4) is 0 Å². The van der Waals surface area contributed by atoms with Crippen LogP contribution >= 0.6 is 11.3 Å². The van der Waals surface area contributed by atoms with Crippen molar-refractivity contribution in [2.24, 2.45) is 0 Å². The Bertz CT molecular complexity index is 481. The van der Waals surface area contributed by atoms with E-state index in [1.807, 2.05) is 11.3 Å².